The second-order valence-corrected chi connectivity index (χ2v) is 7.57. The third-order valence-electron chi connectivity index (χ3n) is 6.55. The molecule has 2 saturated carbocycles. The van der Waals surface area contributed by atoms with E-state index >= 15 is 0 Å². The van der Waals surface area contributed by atoms with Crippen molar-refractivity contribution in [2.45, 2.75) is 12.8 Å². The first kappa shape index (κ1) is 13.6. The molecule has 0 radical (unpaired) electrons. The van der Waals surface area contributed by atoms with Gasteiger partial charge in [0.25, 0.3) is 11.8 Å². The molecule has 2 heterocycles. The summed E-state index contributed by atoms with van der Waals surface area (Å²) in [7, 11) is 0. The molecule has 6 heteroatoms. The SMILES string of the molecule is O=C1[C@@H]2[C@H](C(=O)N1/N=C\c1ccc3c(c1)OCO3)[C@H]1C=C[C@@H]2C12CC2. The van der Waals surface area contributed by atoms with Crippen molar-refractivity contribution in [2.75, 3.05) is 6.79 Å². The van der Waals surface area contributed by atoms with E-state index in [0.29, 0.717) is 11.5 Å². The molecule has 3 aliphatic carbocycles. The van der Waals surface area contributed by atoms with Gasteiger partial charge < -0.3 is 9.47 Å². The lowest BCUT2D eigenvalue weighted by Crippen LogP contribution is -2.30. The van der Waals surface area contributed by atoms with E-state index in [1.54, 1.807) is 18.3 Å². The molecular formula is C19H16N2O4. The fourth-order valence-electron chi connectivity index (χ4n) is 5.29. The number of allylic oxidation sites excluding steroid dienone is 2. The van der Waals surface area contributed by atoms with Gasteiger partial charge in [-0.2, -0.15) is 10.1 Å². The van der Waals surface area contributed by atoms with Crippen molar-refractivity contribution in [1.29, 1.82) is 0 Å². The van der Waals surface area contributed by atoms with Crippen molar-refractivity contribution in [3.05, 3.63) is 35.9 Å². The topological polar surface area (TPSA) is 68.2 Å². The second-order valence-electron chi connectivity index (χ2n) is 7.57. The maximum atomic E-state index is 12.8. The van der Waals surface area contributed by atoms with Crippen LogP contribution in [-0.2, 0) is 9.59 Å². The van der Waals surface area contributed by atoms with Crippen molar-refractivity contribution in [3.8, 4) is 11.5 Å². The van der Waals surface area contributed by atoms with Gasteiger partial charge in [0.15, 0.2) is 11.5 Å². The molecule has 0 aromatic heterocycles. The summed E-state index contributed by atoms with van der Waals surface area (Å²) >= 11 is 0. The van der Waals surface area contributed by atoms with Gasteiger partial charge in [-0.05, 0) is 53.9 Å². The van der Waals surface area contributed by atoms with Gasteiger partial charge >= 0.3 is 0 Å². The van der Waals surface area contributed by atoms with E-state index in [1.807, 2.05) is 6.07 Å². The summed E-state index contributed by atoms with van der Waals surface area (Å²) < 4.78 is 10.6. The van der Waals surface area contributed by atoms with Gasteiger partial charge in [0, 0.05) is 0 Å². The summed E-state index contributed by atoms with van der Waals surface area (Å²) in [5.74, 6) is 1.09. The molecule has 3 fully saturated rings. The van der Waals surface area contributed by atoms with Crippen LogP contribution in [-0.4, -0.2) is 29.8 Å². The fraction of sp³-hybridized carbons (Fsp3) is 0.421. The standard InChI is InChI=1S/C19H16N2O4/c22-17-15-11-2-3-12(19(11)5-6-19)16(15)18(23)21(17)20-8-10-1-4-13-14(7-10)25-9-24-13/h1-4,7-8,11-12,15-16H,5-6,9H2/b20-8-/t11-,12+,15-,16+. The molecular weight excluding hydrogens is 320 g/mol. The normalized spacial score (nSPS) is 35.4. The molecule has 1 spiro atoms. The number of carbonyl (C=O) groups is 2. The molecule has 25 heavy (non-hydrogen) atoms. The van der Waals surface area contributed by atoms with Crippen molar-refractivity contribution in [2.24, 2.45) is 34.2 Å². The predicted octanol–water partition coefficient (Wildman–Crippen LogP) is 1.95. The molecule has 6 nitrogen and oxygen atoms in total. The Hall–Kier alpha value is -2.63. The van der Waals surface area contributed by atoms with E-state index in [9.17, 15) is 9.59 Å². The zero-order valence-electron chi connectivity index (χ0n) is 13.4. The van der Waals surface area contributed by atoms with Gasteiger partial charge in [0.05, 0.1) is 18.1 Å². The summed E-state index contributed by atoms with van der Waals surface area (Å²) in [6, 6.07) is 5.42. The van der Waals surface area contributed by atoms with Crippen LogP contribution in [0.25, 0.3) is 0 Å². The number of hydrogen-bond acceptors (Lipinski definition) is 5. The Labute approximate surface area is 144 Å². The first-order valence-corrected chi connectivity index (χ1v) is 8.69. The van der Waals surface area contributed by atoms with E-state index in [-0.39, 0.29) is 47.7 Å². The third kappa shape index (κ3) is 1.57. The molecule has 2 amide bonds. The molecule has 0 N–H and O–H groups in total. The number of amides is 2. The van der Waals surface area contributed by atoms with Gasteiger partial charge in [-0.3, -0.25) is 9.59 Å². The quantitative estimate of drug-likeness (QED) is 0.470. The van der Waals surface area contributed by atoms with Gasteiger partial charge in [0.2, 0.25) is 6.79 Å². The first-order valence-electron chi connectivity index (χ1n) is 8.69. The molecule has 1 aromatic rings. The second kappa shape index (κ2) is 4.31. The van der Waals surface area contributed by atoms with E-state index in [4.69, 9.17) is 9.47 Å². The van der Waals surface area contributed by atoms with E-state index in [2.05, 4.69) is 17.3 Å². The highest BCUT2D eigenvalue weighted by Gasteiger charge is 2.73. The number of ether oxygens (including phenoxy) is 2. The van der Waals surface area contributed by atoms with Gasteiger partial charge in [-0.1, -0.05) is 12.2 Å². The van der Waals surface area contributed by atoms with Crippen LogP contribution in [0.3, 0.4) is 0 Å². The van der Waals surface area contributed by atoms with Crippen LogP contribution in [0.5, 0.6) is 11.5 Å². The Morgan fingerprint density at radius 1 is 1.04 bits per heavy atom. The zero-order valence-corrected chi connectivity index (χ0v) is 13.4. The minimum atomic E-state index is -0.209. The lowest BCUT2D eigenvalue weighted by atomic mass is 9.85. The van der Waals surface area contributed by atoms with Crippen LogP contribution in [0, 0.1) is 29.1 Å². The lowest BCUT2D eigenvalue weighted by molar-refractivity contribution is -0.141. The number of rotatable bonds is 2. The molecule has 2 bridgehead atoms. The highest BCUT2D eigenvalue weighted by Crippen LogP contribution is 2.73. The molecule has 2 aliphatic heterocycles. The number of benzene rings is 1. The zero-order chi connectivity index (χ0) is 16.8. The third-order valence-corrected chi connectivity index (χ3v) is 6.55. The van der Waals surface area contributed by atoms with Crippen molar-refractivity contribution in [1.82, 2.24) is 5.01 Å². The number of hydrogen-bond donors (Lipinski definition) is 0. The smallest absolute Gasteiger partial charge is 0.254 e. The molecule has 126 valence electrons. The fourth-order valence-corrected chi connectivity index (χ4v) is 5.29. The average Bonchev–Trinajstić information content (AvgIpc) is 2.90. The maximum absolute atomic E-state index is 12.8. The Morgan fingerprint density at radius 3 is 2.40 bits per heavy atom. The Balaban J connectivity index is 1.29. The van der Waals surface area contributed by atoms with Crippen LogP contribution < -0.4 is 9.47 Å². The number of imide groups is 1. The lowest BCUT2D eigenvalue weighted by Gasteiger charge is -2.18. The summed E-state index contributed by atoms with van der Waals surface area (Å²) in [5, 5.41) is 5.30. The molecule has 1 saturated heterocycles. The summed E-state index contributed by atoms with van der Waals surface area (Å²) in [6.07, 6.45) is 8.15. The predicted molar refractivity (Wildman–Crippen MR) is 86.8 cm³/mol. The minimum absolute atomic E-state index is 0.143. The summed E-state index contributed by atoms with van der Waals surface area (Å²) in [6.45, 7) is 0.208. The van der Waals surface area contributed by atoms with Crippen LogP contribution in [0.1, 0.15) is 18.4 Å². The van der Waals surface area contributed by atoms with Gasteiger partial charge in [0.1, 0.15) is 0 Å². The number of fused-ring (bicyclic) bond motifs is 4. The Kier molecular flexibility index (Phi) is 2.35. The molecule has 4 atom stereocenters. The minimum Gasteiger partial charge on any atom is -0.454 e. The summed E-state index contributed by atoms with van der Waals surface area (Å²) in [4.78, 5) is 25.6. The molecule has 6 rings (SSSR count). The average molecular weight is 336 g/mol. The van der Waals surface area contributed by atoms with Gasteiger partial charge in [-0.15, -0.1) is 0 Å². The summed E-state index contributed by atoms with van der Waals surface area (Å²) in [5.41, 5.74) is 0.981. The molecule has 0 unspecified atom stereocenters. The monoisotopic (exact) mass is 336 g/mol. The largest absolute Gasteiger partial charge is 0.454 e. The van der Waals surface area contributed by atoms with Crippen LogP contribution in [0.2, 0.25) is 0 Å². The Bertz CT molecular complexity index is 851. The van der Waals surface area contributed by atoms with E-state index in [0.717, 1.165) is 23.4 Å². The van der Waals surface area contributed by atoms with Gasteiger partial charge in [-0.25, -0.2) is 0 Å². The Morgan fingerprint density at radius 2 is 1.72 bits per heavy atom. The molecule has 5 aliphatic rings. The highest BCUT2D eigenvalue weighted by molar-refractivity contribution is 6.07. The van der Waals surface area contributed by atoms with E-state index in [1.165, 1.54) is 0 Å². The van der Waals surface area contributed by atoms with Crippen molar-refractivity contribution >= 4 is 18.0 Å². The van der Waals surface area contributed by atoms with Crippen LogP contribution in [0.4, 0.5) is 0 Å². The number of carbonyl (C=O) groups excluding carboxylic acids is 2. The molecule has 1 aromatic carbocycles. The van der Waals surface area contributed by atoms with Crippen molar-refractivity contribution in [3.63, 3.8) is 0 Å². The van der Waals surface area contributed by atoms with Crippen LogP contribution >= 0.6 is 0 Å². The number of hydrazone groups is 1. The van der Waals surface area contributed by atoms with Crippen LogP contribution in [0.15, 0.2) is 35.5 Å². The highest BCUT2D eigenvalue weighted by atomic mass is 16.7. The number of nitrogens with zero attached hydrogens (tertiary/aromatic N) is 2. The van der Waals surface area contributed by atoms with Crippen molar-refractivity contribution < 1.29 is 19.1 Å². The first-order chi connectivity index (χ1) is 12.2. The maximum Gasteiger partial charge on any atom is 0.254 e. The van der Waals surface area contributed by atoms with E-state index < -0.39 is 0 Å².